The van der Waals surface area contributed by atoms with Gasteiger partial charge in [0.25, 0.3) is 6.01 Å². The Bertz CT molecular complexity index is 1110. The Kier molecular flexibility index (Phi) is 4.69. The standard InChI is InChI=1S/C22H23N5O/c1-13(2)16-8-9-20-19(11-16)27-22(28-20)26-18-7-5-6-17(12-18)25-21-23-14(3)10-15(4)24-21/h5-13H,1-4H3,(H,26,27)(H,23,24,25). The Morgan fingerprint density at radius 2 is 1.54 bits per heavy atom. The van der Waals surface area contributed by atoms with Crippen molar-refractivity contribution in [3.8, 4) is 0 Å². The molecule has 0 aliphatic carbocycles. The van der Waals surface area contributed by atoms with Gasteiger partial charge >= 0.3 is 0 Å². The van der Waals surface area contributed by atoms with E-state index in [1.807, 2.05) is 50.2 Å². The fourth-order valence-electron chi connectivity index (χ4n) is 3.07. The van der Waals surface area contributed by atoms with Gasteiger partial charge in [-0.3, -0.25) is 0 Å². The van der Waals surface area contributed by atoms with E-state index < -0.39 is 0 Å². The summed E-state index contributed by atoms with van der Waals surface area (Å²) >= 11 is 0. The van der Waals surface area contributed by atoms with Crippen molar-refractivity contribution < 1.29 is 4.42 Å². The normalized spacial score (nSPS) is 11.2. The van der Waals surface area contributed by atoms with Gasteiger partial charge in [-0.2, -0.15) is 4.98 Å². The summed E-state index contributed by atoms with van der Waals surface area (Å²) in [5.41, 5.74) is 6.47. The van der Waals surface area contributed by atoms with Crippen LogP contribution in [0.5, 0.6) is 0 Å². The van der Waals surface area contributed by atoms with Crippen molar-refractivity contribution in [3.05, 3.63) is 65.5 Å². The Labute approximate surface area is 164 Å². The molecule has 0 atom stereocenters. The van der Waals surface area contributed by atoms with Gasteiger partial charge in [0.15, 0.2) is 5.58 Å². The number of nitrogens with one attached hydrogen (secondary N) is 2. The molecular formula is C22H23N5O. The van der Waals surface area contributed by atoms with Crippen molar-refractivity contribution in [1.82, 2.24) is 15.0 Å². The molecule has 0 spiro atoms. The highest BCUT2D eigenvalue weighted by molar-refractivity contribution is 5.76. The molecule has 0 unspecified atom stereocenters. The molecule has 0 bridgehead atoms. The highest BCUT2D eigenvalue weighted by atomic mass is 16.4. The maximum Gasteiger partial charge on any atom is 0.300 e. The molecule has 0 radical (unpaired) electrons. The van der Waals surface area contributed by atoms with Crippen LogP contribution in [0.15, 0.2) is 52.9 Å². The van der Waals surface area contributed by atoms with Crippen LogP contribution in [0.4, 0.5) is 23.3 Å². The van der Waals surface area contributed by atoms with Crippen molar-refractivity contribution in [3.63, 3.8) is 0 Å². The first-order valence-electron chi connectivity index (χ1n) is 9.33. The summed E-state index contributed by atoms with van der Waals surface area (Å²) < 4.78 is 5.83. The molecular weight excluding hydrogens is 350 g/mol. The molecule has 2 heterocycles. The number of anilines is 4. The van der Waals surface area contributed by atoms with Crippen LogP contribution in [0.2, 0.25) is 0 Å². The van der Waals surface area contributed by atoms with Gasteiger partial charge in [0.2, 0.25) is 5.95 Å². The van der Waals surface area contributed by atoms with Gasteiger partial charge in [0.05, 0.1) is 0 Å². The minimum Gasteiger partial charge on any atom is -0.423 e. The molecule has 6 heteroatoms. The number of benzene rings is 2. The van der Waals surface area contributed by atoms with Crippen molar-refractivity contribution in [2.45, 2.75) is 33.6 Å². The molecule has 0 saturated carbocycles. The van der Waals surface area contributed by atoms with E-state index >= 15 is 0 Å². The molecule has 0 aliphatic rings. The molecule has 0 fully saturated rings. The van der Waals surface area contributed by atoms with E-state index in [0.717, 1.165) is 33.9 Å². The smallest absolute Gasteiger partial charge is 0.300 e. The van der Waals surface area contributed by atoms with Crippen molar-refractivity contribution >= 4 is 34.4 Å². The second-order valence-electron chi connectivity index (χ2n) is 7.21. The summed E-state index contributed by atoms with van der Waals surface area (Å²) in [5, 5.41) is 6.48. The molecule has 6 nitrogen and oxygen atoms in total. The fraction of sp³-hybridized carbons (Fsp3) is 0.227. The Balaban J connectivity index is 1.55. The van der Waals surface area contributed by atoms with Crippen LogP contribution < -0.4 is 10.6 Å². The van der Waals surface area contributed by atoms with E-state index in [0.29, 0.717) is 17.9 Å². The first kappa shape index (κ1) is 18.0. The van der Waals surface area contributed by atoms with Gasteiger partial charge in [0, 0.05) is 22.8 Å². The predicted molar refractivity (Wildman–Crippen MR) is 113 cm³/mol. The van der Waals surface area contributed by atoms with E-state index in [4.69, 9.17) is 4.42 Å². The lowest BCUT2D eigenvalue weighted by Gasteiger charge is -2.08. The van der Waals surface area contributed by atoms with E-state index in [1.54, 1.807) is 0 Å². The SMILES string of the molecule is Cc1cc(C)nc(Nc2cccc(Nc3nc4cc(C(C)C)ccc4o3)c2)n1. The van der Waals surface area contributed by atoms with Crippen LogP contribution in [-0.4, -0.2) is 15.0 Å². The zero-order chi connectivity index (χ0) is 19.7. The second-order valence-corrected chi connectivity index (χ2v) is 7.21. The lowest BCUT2D eigenvalue weighted by Crippen LogP contribution is -2.00. The van der Waals surface area contributed by atoms with Crippen LogP contribution in [0.1, 0.15) is 36.7 Å². The quantitative estimate of drug-likeness (QED) is 0.457. The van der Waals surface area contributed by atoms with Crippen LogP contribution in [0.3, 0.4) is 0 Å². The lowest BCUT2D eigenvalue weighted by molar-refractivity contribution is 0.623. The van der Waals surface area contributed by atoms with E-state index in [2.05, 4.69) is 51.6 Å². The molecule has 28 heavy (non-hydrogen) atoms. The zero-order valence-electron chi connectivity index (χ0n) is 16.4. The number of hydrogen-bond donors (Lipinski definition) is 2. The molecule has 2 aromatic heterocycles. The maximum atomic E-state index is 5.83. The van der Waals surface area contributed by atoms with Crippen LogP contribution in [0, 0.1) is 13.8 Å². The number of aromatic nitrogens is 3. The Hall–Kier alpha value is -3.41. The molecule has 0 saturated heterocycles. The monoisotopic (exact) mass is 373 g/mol. The first-order valence-corrected chi connectivity index (χ1v) is 9.33. The largest absolute Gasteiger partial charge is 0.423 e. The van der Waals surface area contributed by atoms with E-state index in [1.165, 1.54) is 5.56 Å². The molecule has 4 rings (SSSR count). The Morgan fingerprint density at radius 1 is 0.821 bits per heavy atom. The third-order valence-corrected chi connectivity index (χ3v) is 4.43. The number of rotatable bonds is 5. The molecule has 0 amide bonds. The zero-order valence-corrected chi connectivity index (χ0v) is 16.4. The summed E-state index contributed by atoms with van der Waals surface area (Å²) in [6.45, 7) is 8.24. The number of hydrogen-bond acceptors (Lipinski definition) is 6. The predicted octanol–water partition coefficient (Wildman–Crippen LogP) is 5.85. The van der Waals surface area contributed by atoms with Crippen LogP contribution in [-0.2, 0) is 0 Å². The summed E-state index contributed by atoms with van der Waals surface area (Å²) in [6.07, 6.45) is 0. The lowest BCUT2D eigenvalue weighted by atomic mass is 10.0. The first-order chi connectivity index (χ1) is 13.5. The van der Waals surface area contributed by atoms with Gasteiger partial charge in [-0.1, -0.05) is 26.0 Å². The highest BCUT2D eigenvalue weighted by Gasteiger charge is 2.09. The molecule has 0 aliphatic heterocycles. The van der Waals surface area contributed by atoms with Gasteiger partial charge in [-0.25, -0.2) is 9.97 Å². The summed E-state index contributed by atoms with van der Waals surface area (Å²) in [7, 11) is 0. The van der Waals surface area contributed by atoms with Crippen LogP contribution in [0.25, 0.3) is 11.1 Å². The van der Waals surface area contributed by atoms with E-state index in [-0.39, 0.29) is 0 Å². The molecule has 2 aromatic carbocycles. The van der Waals surface area contributed by atoms with Gasteiger partial charge in [-0.05, 0) is 61.7 Å². The summed E-state index contributed by atoms with van der Waals surface area (Å²) in [6, 6.07) is 16.4. The molecule has 4 aromatic rings. The maximum absolute atomic E-state index is 5.83. The minimum absolute atomic E-state index is 0.452. The number of nitrogens with zero attached hydrogens (tertiary/aromatic N) is 3. The summed E-state index contributed by atoms with van der Waals surface area (Å²) in [5.74, 6) is 1.03. The number of fused-ring (bicyclic) bond motifs is 1. The number of oxazole rings is 1. The third kappa shape index (κ3) is 3.96. The van der Waals surface area contributed by atoms with Gasteiger partial charge in [-0.15, -0.1) is 0 Å². The second kappa shape index (κ2) is 7.31. The topological polar surface area (TPSA) is 75.9 Å². The average Bonchev–Trinajstić information content (AvgIpc) is 3.02. The highest BCUT2D eigenvalue weighted by Crippen LogP contribution is 2.26. The third-order valence-electron chi connectivity index (χ3n) is 4.43. The summed E-state index contributed by atoms with van der Waals surface area (Å²) in [4.78, 5) is 13.4. The van der Waals surface area contributed by atoms with Gasteiger partial charge in [0.1, 0.15) is 5.52 Å². The van der Waals surface area contributed by atoms with Gasteiger partial charge < -0.3 is 15.1 Å². The van der Waals surface area contributed by atoms with Crippen molar-refractivity contribution in [2.24, 2.45) is 0 Å². The average molecular weight is 373 g/mol. The molecule has 2 N–H and O–H groups in total. The van der Waals surface area contributed by atoms with Crippen molar-refractivity contribution in [2.75, 3.05) is 10.6 Å². The van der Waals surface area contributed by atoms with Crippen LogP contribution >= 0.6 is 0 Å². The van der Waals surface area contributed by atoms with E-state index in [9.17, 15) is 0 Å². The Morgan fingerprint density at radius 3 is 2.25 bits per heavy atom. The van der Waals surface area contributed by atoms with Crippen molar-refractivity contribution in [1.29, 1.82) is 0 Å². The minimum atomic E-state index is 0.452. The molecule has 142 valence electrons. The number of aryl methyl sites for hydroxylation is 2. The fourth-order valence-corrected chi connectivity index (χ4v) is 3.07.